The lowest BCUT2D eigenvalue weighted by Gasteiger charge is -2.46. The number of nitrogens with zero attached hydrogens (tertiary/aromatic N) is 3. The third-order valence-electron chi connectivity index (χ3n) is 6.26. The summed E-state index contributed by atoms with van der Waals surface area (Å²) in [5.41, 5.74) is 4.28. The molecule has 0 amide bonds. The molecule has 2 aromatic rings. The van der Waals surface area contributed by atoms with Crippen LogP contribution in [-0.2, 0) is 4.74 Å². The molecule has 144 valence electrons. The zero-order valence-electron chi connectivity index (χ0n) is 14.7. The van der Waals surface area contributed by atoms with E-state index >= 15 is 0 Å². The van der Waals surface area contributed by atoms with Crippen LogP contribution in [0.2, 0.25) is 0 Å². The molecule has 0 spiro atoms. The number of ether oxygens (including phenoxy) is 1. The molecule has 1 aromatic carbocycles. The van der Waals surface area contributed by atoms with E-state index in [1.54, 1.807) is 12.4 Å². The molecule has 1 aliphatic carbocycles. The van der Waals surface area contributed by atoms with E-state index in [1.807, 2.05) is 4.90 Å². The molecule has 27 heavy (non-hydrogen) atoms. The van der Waals surface area contributed by atoms with Gasteiger partial charge in [-0.2, -0.15) is 0 Å². The maximum atomic E-state index is 10.5. The number of likely N-dealkylation sites (tertiary alicyclic amines) is 1. The fraction of sp³-hybridized carbons (Fsp3) is 0.579. The van der Waals surface area contributed by atoms with Crippen molar-refractivity contribution in [2.75, 3.05) is 19.7 Å². The van der Waals surface area contributed by atoms with Crippen molar-refractivity contribution >= 4 is 11.0 Å². The van der Waals surface area contributed by atoms with Gasteiger partial charge < -0.3 is 25.2 Å². The van der Waals surface area contributed by atoms with Gasteiger partial charge in [0.2, 0.25) is 0 Å². The van der Waals surface area contributed by atoms with Crippen LogP contribution in [0.3, 0.4) is 0 Å². The second-order valence-corrected chi connectivity index (χ2v) is 7.83. The highest BCUT2D eigenvalue weighted by Crippen LogP contribution is 2.47. The number of aliphatic hydroxyl groups is 4. The van der Waals surface area contributed by atoms with Crippen molar-refractivity contribution in [2.45, 2.75) is 48.9 Å². The van der Waals surface area contributed by atoms with Crippen LogP contribution in [0, 0.1) is 0 Å². The molecule has 8 heteroatoms. The minimum atomic E-state index is -1.35. The summed E-state index contributed by atoms with van der Waals surface area (Å²) in [4.78, 5) is 10.8. The van der Waals surface area contributed by atoms with Gasteiger partial charge in [0.25, 0.3) is 0 Å². The number of hydrogen-bond donors (Lipinski definition) is 4. The average molecular weight is 373 g/mol. The maximum absolute atomic E-state index is 10.5. The van der Waals surface area contributed by atoms with Gasteiger partial charge in [-0.3, -0.25) is 14.9 Å². The van der Waals surface area contributed by atoms with Crippen molar-refractivity contribution in [1.82, 2.24) is 14.9 Å². The van der Waals surface area contributed by atoms with Crippen LogP contribution in [-0.4, -0.2) is 85.6 Å². The van der Waals surface area contributed by atoms with Crippen molar-refractivity contribution in [3.63, 3.8) is 0 Å². The summed E-state index contributed by atoms with van der Waals surface area (Å²) in [5, 5.41) is 40.0. The quantitative estimate of drug-likeness (QED) is 0.547. The predicted molar refractivity (Wildman–Crippen MR) is 95.0 cm³/mol. The number of fused-ring (bicyclic) bond motifs is 6. The van der Waals surface area contributed by atoms with Crippen LogP contribution in [0.1, 0.15) is 29.4 Å². The summed E-state index contributed by atoms with van der Waals surface area (Å²) in [6.07, 6.45) is -1.14. The first-order valence-corrected chi connectivity index (χ1v) is 9.36. The topological polar surface area (TPSA) is 119 Å². The van der Waals surface area contributed by atoms with E-state index in [9.17, 15) is 20.4 Å². The summed E-state index contributed by atoms with van der Waals surface area (Å²) >= 11 is 0. The van der Waals surface area contributed by atoms with E-state index in [2.05, 4.69) is 22.1 Å². The monoisotopic (exact) mass is 373 g/mol. The first-order valence-electron chi connectivity index (χ1n) is 9.36. The standard InChI is InChI=1S/C19H23N3O5/c23-8-15-16(24)17(25)18(26)19(27-15)22-6-9-3-10(7-22)12-5-14-13(4-11(9)12)20-1-2-21-14/h1-2,4-5,9-10,15-19,23-26H,3,6-8H2. The Labute approximate surface area is 156 Å². The van der Waals surface area contributed by atoms with E-state index in [0.717, 1.165) is 17.5 Å². The van der Waals surface area contributed by atoms with Crippen molar-refractivity contribution in [2.24, 2.45) is 0 Å². The molecule has 2 saturated heterocycles. The van der Waals surface area contributed by atoms with Crippen LogP contribution in [0.25, 0.3) is 11.0 Å². The van der Waals surface area contributed by atoms with Crippen molar-refractivity contribution in [3.8, 4) is 0 Å². The molecule has 7 unspecified atom stereocenters. The molecule has 3 heterocycles. The summed E-state index contributed by atoms with van der Waals surface area (Å²) in [7, 11) is 0. The molecular weight excluding hydrogens is 350 g/mol. The van der Waals surface area contributed by atoms with Crippen LogP contribution >= 0.6 is 0 Å². The maximum Gasteiger partial charge on any atom is 0.140 e. The lowest BCUT2D eigenvalue weighted by molar-refractivity contribution is -0.267. The van der Waals surface area contributed by atoms with Gasteiger partial charge in [0.1, 0.15) is 30.6 Å². The third kappa shape index (κ3) is 2.67. The number of aliphatic hydroxyl groups excluding tert-OH is 4. The smallest absolute Gasteiger partial charge is 0.140 e. The highest BCUT2D eigenvalue weighted by Gasteiger charge is 2.49. The van der Waals surface area contributed by atoms with Gasteiger partial charge in [-0.15, -0.1) is 0 Å². The van der Waals surface area contributed by atoms with E-state index in [0.29, 0.717) is 13.1 Å². The van der Waals surface area contributed by atoms with Gasteiger partial charge in [-0.05, 0) is 41.5 Å². The number of aromatic nitrogens is 2. The highest BCUT2D eigenvalue weighted by atomic mass is 16.6. The molecule has 0 radical (unpaired) electrons. The van der Waals surface area contributed by atoms with Crippen LogP contribution in [0.15, 0.2) is 24.5 Å². The first kappa shape index (κ1) is 17.4. The lowest BCUT2D eigenvalue weighted by Crippen LogP contribution is -2.64. The summed E-state index contributed by atoms with van der Waals surface area (Å²) in [5.74, 6) is 0.579. The SMILES string of the molecule is OCC1OC(N2CC3CC(C2)c2cc4nccnc4cc23)C(O)C(O)C1O. The van der Waals surface area contributed by atoms with Crippen molar-refractivity contribution in [3.05, 3.63) is 35.7 Å². The zero-order chi connectivity index (χ0) is 18.7. The van der Waals surface area contributed by atoms with Gasteiger partial charge in [0, 0.05) is 25.5 Å². The Bertz CT molecular complexity index is 812. The predicted octanol–water partition coefficient (Wildman–Crippen LogP) is -0.684. The molecule has 7 atom stereocenters. The van der Waals surface area contributed by atoms with E-state index in [4.69, 9.17) is 4.74 Å². The molecule has 4 N–H and O–H groups in total. The highest BCUT2D eigenvalue weighted by molar-refractivity contribution is 5.77. The van der Waals surface area contributed by atoms with E-state index in [1.165, 1.54) is 11.1 Å². The van der Waals surface area contributed by atoms with Crippen molar-refractivity contribution in [1.29, 1.82) is 0 Å². The summed E-state index contributed by atoms with van der Waals surface area (Å²) in [6.45, 7) is 0.945. The fourth-order valence-electron chi connectivity index (χ4n) is 4.93. The third-order valence-corrected chi connectivity index (χ3v) is 6.26. The molecule has 1 aromatic heterocycles. The van der Waals surface area contributed by atoms with Gasteiger partial charge in [0.05, 0.1) is 17.6 Å². The largest absolute Gasteiger partial charge is 0.394 e. The summed E-state index contributed by atoms with van der Waals surface area (Å²) < 4.78 is 5.76. The Hall–Kier alpha value is -1.68. The van der Waals surface area contributed by atoms with Crippen LogP contribution < -0.4 is 0 Å². The molecular formula is C19H23N3O5. The lowest BCUT2D eigenvalue weighted by atomic mass is 9.92. The summed E-state index contributed by atoms with van der Waals surface area (Å²) in [6, 6.07) is 4.22. The second-order valence-electron chi connectivity index (χ2n) is 7.83. The number of benzene rings is 1. The molecule has 8 nitrogen and oxygen atoms in total. The molecule has 0 saturated carbocycles. The second kappa shape index (κ2) is 6.44. The minimum absolute atomic E-state index is 0.289. The molecule has 5 rings (SSSR count). The Morgan fingerprint density at radius 1 is 0.926 bits per heavy atom. The Kier molecular flexibility index (Phi) is 4.15. The first-order chi connectivity index (χ1) is 13.1. The van der Waals surface area contributed by atoms with Crippen molar-refractivity contribution < 1.29 is 25.2 Å². The molecule has 2 bridgehead atoms. The Balaban J connectivity index is 1.44. The molecule has 2 aliphatic heterocycles. The minimum Gasteiger partial charge on any atom is -0.394 e. The molecule has 3 aliphatic rings. The van der Waals surface area contributed by atoms with Crippen LogP contribution in [0.4, 0.5) is 0 Å². The Morgan fingerprint density at radius 3 is 2.07 bits per heavy atom. The number of piperidine rings is 1. The fourth-order valence-corrected chi connectivity index (χ4v) is 4.93. The average Bonchev–Trinajstić information content (AvgIpc) is 2.94. The normalized spacial score (nSPS) is 38.9. The molecule has 2 fully saturated rings. The van der Waals surface area contributed by atoms with E-state index in [-0.39, 0.29) is 11.8 Å². The van der Waals surface area contributed by atoms with Gasteiger partial charge in [-0.25, -0.2) is 0 Å². The Morgan fingerprint density at radius 2 is 1.52 bits per heavy atom. The zero-order valence-corrected chi connectivity index (χ0v) is 14.7. The van der Waals surface area contributed by atoms with E-state index < -0.39 is 37.3 Å². The van der Waals surface area contributed by atoms with Gasteiger partial charge >= 0.3 is 0 Å². The number of rotatable bonds is 2. The number of hydrogen-bond acceptors (Lipinski definition) is 8. The van der Waals surface area contributed by atoms with Gasteiger partial charge in [-0.1, -0.05) is 0 Å². The van der Waals surface area contributed by atoms with Gasteiger partial charge in [0.15, 0.2) is 0 Å². The van der Waals surface area contributed by atoms with Crippen LogP contribution in [0.5, 0.6) is 0 Å².